The van der Waals surface area contributed by atoms with Crippen molar-refractivity contribution in [1.29, 1.82) is 0 Å². The van der Waals surface area contributed by atoms with Crippen LogP contribution in [0.3, 0.4) is 0 Å². The van der Waals surface area contributed by atoms with Crippen LogP contribution >= 0.6 is 0 Å². The SMILES string of the molecule is COc1cccc(C(=O)N2CCN(c3ccc(CCCCCN4CCCCC4)cc3)CC2)c1. The lowest BCUT2D eigenvalue weighted by atomic mass is 10.1. The van der Waals surface area contributed by atoms with Crippen molar-refractivity contribution >= 4 is 11.6 Å². The number of carbonyl (C=O) groups is 1. The summed E-state index contributed by atoms with van der Waals surface area (Å²) >= 11 is 0. The molecule has 4 rings (SSSR count). The Labute approximate surface area is 199 Å². The van der Waals surface area contributed by atoms with Crippen molar-refractivity contribution in [3.63, 3.8) is 0 Å². The van der Waals surface area contributed by atoms with E-state index in [1.807, 2.05) is 29.2 Å². The van der Waals surface area contributed by atoms with E-state index in [2.05, 4.69) is 34.1 Å². The summed E-state index contributed by atoms with van der Waals surface area (Å²) < 4.78 is 5.26. The Morgan fingerprint density at radius 3 is 2.33 bits per heavy atom. The predicted octanol–water partition coefficient (Wildman–Crippen LogP) is 4.86. The Morgan fingerprint density at radius 2 is 1.61 bits per heavy atom. The van der Waals surface area contributed by atoms with Gasteiger partial charge in [0.05, 0.1) is 7.11 Å². The van der Waals surface area contributed by atoms with Crippen LogP contribution in [0.5, 0.6) is 5.75 Å². The topological polar surface area (TPSA) is 36.0 Å². The van der Waals surface area contributed by atoms with Crippen molar-refractivity contribution in [2.24, 2.45) is 0 Å². The summed E-state index contributed by atoms with van der Waals surface area (Å²) in [7, 11) is 1.63. The molecule has 0 aliphatic carbocycles. The summed E-state index contributed by atoms with van der Waals surface area (Å²) in [5, 5.41) is 0. The lowest BCUT2D eigenvalue weighted by Crippen LogP contribution is -2.48. The number of carbonyl (C=O) groups excluding carboxylic acids is 1. The Hall–Kier alpha value is -2.53. The predicted molar refractivity (Wildman–Crippen MR) is 135 cm³/mol. The molecule has 0 atom stereocenters. The molecule has 0 unspecified atom stereocenters. The molecule has 0 aromatic heterocycles. The molecule has 5 nitrogen and oxygen atoms in total. The molecule has 1 amide bonds. The number of hydrogen-bond donors (Lipinski definition) is 0. The van der Waals surface area contributed by atoms with Gasteiger partial charge >= 0.3 is 0 Å². The molecule has 2 heterocycles. The van der Waals surface area contributed by atoms with Gasteiger partial charge in [-0.2, -0.15) is 0 Å². The van der Waals surface area contributed by atoms with Gasteiger partial charge in [-0.1, -0.05) is 31.0 Å². The lowest BCUT2D eigenvalue weighted by molar-refractivity contribution is 0.0746. The molecule has 2 saturated heterocycles. The number of hydrogen-bond acceptors (Lipinski definition) is 4. The highest BCUT2D eigenvalue weighted by molar-refractivity contribution is 5.94. The first-order chi connectivity index (χ1) is 16.2. The number of aryl methyl sites for hydroxylation is 1. The molecule has 0 saturated carbocycles. The van der Waals surface area contributed by atoms with E-state index in [9.17, 15) is 4.79 Å². The van der Waals surface area contributed by atoms with E-state index >= 15 is 0 Å². The Balaban J connectivity index is 1.18. The van der Waals surface area contributed by atoms with Crippen molar-refractivity contribution in [2.45, 2.75) is 44.9 Å². The van der Waals surface area contributed by atoms with Crippen LogP contribution in [0.25, 0.3) is 0 Å². The van der Waals surface area contributed by atoms with Crippen molar-refractivity contribution in [3.8, 4) is 5.75 Å². The van der Waals surface area contributed by atoms with Gasteiger partial charge in [-0.05, 0) is 87.6 Å². The number of amides is 1. The molecule has 178 valence electrons. The van der Waals surface area contributed by atoms with Crippen LogP contribution in [-0.4, -0.2) is 68.6 Å². The van der Waals surface area contributed by atoms with Gasteiger partial charge in [0.1, 0.15) is 5.75 Å². The Morgan fingerprint density at radius 1 is 0.848 bits per heavy atom. The summed E-state index contributed by atoms with van der Waals surface area (Å²) in [4.78, 5) is 19.8. The zero-order valence-electron chi connectivity index (χ0n) is 20.2. The van der Waals surface area contributed by atoms with E-state index in [4.69, 9.17) is 4.74 Å². The van der Waals surface area contributed by atoms with Gasteiger partial charge in [-0.15, -0.1) is 0 Å². The van der Waals surface area contributed by atoms with Crippen molar-refractivity contribution in [2.75, 3.05) is 57.8 Å². The van der Waals surface area contributed by atoms with E-state index < -0.39 is 0 Å². The molecule has 2 fully saturated rings. The fourth-order valence-corrected chi connectivity index (χ4v) is 5.00. The maximum absolute atomic E-state index is 12.8. The number of ether oxygens (including phenoxy) is 1. The van der Waals surface area contributed by atoms with Gasteiger partial charge in [0, 0.05) is 37.4 Å². The van der Waals surface area contributed by atoms with Crippen molar-refractivity contribution < 1.29 is 9.53 Å². The molecule has 2 aromatic carbocycles. The largest absolute Gasteiger partial charge is 0.497 e. The second kappa shape index (κ2) is 12.1. The minimum Gasteiger partial charge on any atom is -0.497 e. The van der Waals surface area contributed by atoms with Crippen LogP contribution in [-0.2, 0) is 6.42 Å². The molecular weight excluding hydrogens is 410 g/mol. The number of anilines is 1. The smallest absolute Gasteiger partial charge is 0.254 e. The summed E-state index contributed by atoms with van der Waals surface area (Å²) in [6, 6.07) is 16.5. The molecule has 2 aromatic rings. The highest BCUT2D eigenvalue weighted by Gasteiger charge is 2.22. The van der Waals surface area contributed by atoms with Crippen LogP contribution in [0.15, 0.2) is 48.5 Å². The van der Waals surface area contributed by atoms with Gasteiger partial charge in [0.15, 0.2) is 0 Å². The average molecular weight is 450 g/mol. The third-order valence-electron chi connectivity index (χ3n) is 7.07. The molecule has 2 aliphatic rings. The molecule has 0 bridgehead atoms. The zero-order valence-corrected chi connectivity index (χ0v) is 20.2. The fraction of sp³-hybridized carbons (Fsp3) is 0.536. The first kappa shape index (κ1) is 23.6. The van der Waals surface area contributed by atoms with Crippen LogP contribution in [0.2, 0.25) is 0 Å². The fourth-order valence-electron chi connectivity index (χ4n) is 5.00. The summed E-state index contributed by atoms with van der Waals surface area (Å²) in [6.45, 7) is 7.13. The van der Waals surface area contributed by atoms with Gasteiger partial charge in [-0.3, -0.25) is 4.79 Å². The first-order valence-electron chi connectivity index (χ1n) is 12.7. The third-order valence-corrected chi connectivity index (χ3v) is 7.07. The number of piperazine rings is 1. The lowest BCUT2D eigenvalue weighted by Gasteiger charge is -2.36. The molecule has 0 radical (unpaired) electrons. The zero-order chi connectivity index (χ0) is 22.9. The Bertz CT molecular complexity index is 869. The highest BCUT2D eigenvalue weighted by Crippen LogP contribution is 2.20. The Kier molecular flexibility index (Phi) is 8.65. The number of piperidine rings is 1. The van der Waals surface area contributed by atoms with E-state index in [0.29, 0.717) is 5.56 Å². The number of rotatable bonds is 9. The normalized spacial score (nSPS) is 17.2. The monoisotopic (exact) mass is 449 g/mol. The molecule has 0 spiro atoms. The first-order valence-corrected chi connectivity index (χ1v) is 12.7. The summed E-state index contributed by atoms with van der Waals surface area (Å²) in [5.74, 6) is 0.811. The number of likely N-dealkylation sites (tertiary alicyclic amines) is 1. The number of methoxy groups -OCH3 is 1. The molecular formula is C28H39N3O2. The number of unbranched alkanes of at least 4 members (excludes halogenated alkanes) is 2. The molecule has 2 aliphatic heterocycles. The second-order valence-corrected chi connectivity index (χ2v) is 9.39. The van der Waals surface area contributed by atoms with Crippen molar-refractivity contribution in [3.05, 3.63) is 59.7 Å². The molecule has 5 heteroatoms. The van der Waals surface area contributed by atoms with Gasteiger partial charge in [0.25, 0.3) is 5.91 Å². The summed E-state index contributed by atoms with van der Waals surface area (Å²) in [5.41, 5.74) is 3.39. The average Bonchev–Trinajstić information content (AvgIpc) is 2.89. The van der Waals surface area contributed by atoms with E-state index in [1.165, 1.54) is 75.8 Å². The third kappa shape index (κ3) is 6.73. The van der Waals surface area contributed by atoms with E-state index in [0.717, 1.165) is 31.9 Å². The quantitative estimate of drug-likeness (QED) is 0.513. The van der Waals surface area contributed by atoms with Crippen LogP contribution in [0.4, 0.5) is 5.69 Å². The minimum atomic E-state index is 0.0872. The molecule has 0 N–H and O–H groups in total. The summed E-state index contributed by atoms with van der Waals surface area (Å²) in [6.07, 6.45) is 9.29. The highest BCUT2D eigenvalue weighted by atomic mass is 16.5. The minimum absolute atomic E-state index is 0.0872. The van der Waals surface area contributed by atoms with Gasteiger partial charge in [-0.25, -0.2) is 0 Å². The van der Waals surface area contributed by atoms with E-state index in [-0.39, 0.29) is 5.91 Å². The maximum atomic E-state index is 12.8. The second-order valence-electron chi connectivity index (χ2n) is 9.39. The van der Waals surface area contributed by atoms with Gasteiger partial charge in [0.2, 0.25) is 0 Å². The number of benzene rings is 2. The van der Waals surface area contributed by atoms with Crippen LogP contribution in [0.1, 0.15) is 54.4 Å². The van der Waals surface area contributed by atoms with Crippen molar-refractivity contribution in [1.82, 2.24) is 9.80 Å². The maximum Gasteiger partial charge on any atom is 0.254 e. The van der Waals surface area contributed by atoms with Crippen LogP contribution < -0.4 is 9.64 Å². The molecule has 33 heavy (non-hydrogen) atoms. The number of nitrogens with zero attached hydrogens (tertiary/aromatic N) is 3. The van der Waals surface area contributed by atoms with E-state index in [1.54, 1.807) is 7.11 Å². The van der Waals surface area contributed by atoms with Crippen LogP contribution in [0, 0.1) is 0 Å². The van der Waals surface area contributed by atoms with Gasteiger partial charge < -0.3 is 19.4 Å². The standard InChI is InChI=1S/C28H39N3O2/c1-33-27-11-8-10-25(23-27)28(32)31-21-19-30(20-22-31)26-14-12-24(13-15-26)9-4-2-5-16-29-17-6-3-7-18-29/h8,10-15,23H,2-7,9,16-22H2,1H3.